The van der Waals surface area contributed by atoms with Crippen LogP contribution in [0.1, 0.15) is 5.56 Å². The molecule has 0 radical (unpaired) electrons. The summed E-state index contributed by atoms with van der Waals surface area (Å²) in [6, 6.07) is 9.65. The van der Waals surface area contributed by atoms with Gasteiger partial charge in [-0.3, -0.25) is 0 Å². The topological polar surface area (TPSA) is 9.23 Å². The molecule has 1 rings (SSSR count). The lowest BCUT2D eigenvalue weighted by Crippen LogP contribution is -1.90. The molecule has 2 heteroatoms. The van der Waals surface area contributed by atoms with E-state index in [0.717, 1.165) is 5.75 Å². The van der Waals surface area contributed by atoms with E-state index in [-0.39, 0.29) is 9.52 Å². The van der Waals surface area contributed by atoms with Crippen LogP contribution in [0.4, 0.5) is 0 Å². The molecule has 0 heterocycles. The Kier molecular flexibility index (Phi) is 3.17. The summed E-state index contributed by atoms with van der Waals surface area (Å²) in [5, 5.41) is 0. The zero-order valence-corrected chi connectivity index (χ0v) is 8.55. The highest BCUT2D eigenvalue weighted by molar-refractivity contribution is 6.32. The van der Waals surface area contributed by atoms with Gasteiger partial charge in [0.05, 0.1) is 7.11 Å². The lowest BCUT2D eigenvalue weighted by atomic mass is 10.2. The van der Waals surface area contributed by atoms with Crippen LogP contribution in [0, 0.1) is 0 Å². The van der Waals surface area contributed by atoms with Gasteiger partial charge in [0.2, 0.25) is 0 Å². The minimum Gasteiger partial charge on any atom is -0.497 e. The quantitative estimate of drug-likeness (QED) is 0.617. The summed E-state index contributed by atoms with van der Waals surface area (Å²) in [6.07, 6.45) is 0. The van der Waals surface area contributed by atoms with Crippen molar-refractivity contribution < 1.29 is 4.74 Å². The first-order valence-corrected chi connectivity index (χ1v) is 6.41. The fraction of sp³-hybridized carbons (Fsp3) is 0.333. The molecule has 0 saturated carbocycles. The Morgan fingerprint density at radius 1 is 1.27 bits per heavy atom. The number of ether oxygens (including phenoxy) is 1. The van der Waals surface area contributed by atoms with Gasteiger partial charge in [-0.2, -0.15) is 0 Å². The third kappa shape index (κ3) is 2.39. The first-order chi connectivity index (χ1) is 5.36. The SMILES string of the molecule is COc1ccc(C[SiH2]C)cc1. The van der Waals surface area contributed by atoms with Crippen LogP contribution in [0.3, 0.4) is 0 Å². The van der Waals surface area contributed by atoms with Crippen LogP contribution in [-0.2, 0) is 6.04 Å². The minimum atomic E-state index is 0.156. The van der Waals surface area contributed by atoms with Crippen molar-refractivity contribution in [3.63, 3.8) is 0 Å². The van der Waals surface area contributed by atoms with Gasteiger partial charge in [-0.05, 0) is 18.2 Å². The Bertz CT molecular complexity index is 205. The van der Waals surface area contributed by atoms with Crippen molar-refractivity contribution in [2.75, 3.05) is 7.11 Å². The summed E-state index contributed by atoms with van der Waals surface area (Å²) in [6.45, 7) is 2.32. The monoisotopic (exact) mass is 166 g/mol. The molecule has 0 saturated heterocycles. The molecule has 60 valence electrons. The van der Waals surface area contributed by atoms with E-state index in [0.29, 0.717) is 0 Å². The van der Waals surface area contributed by atoms with Gasteiger partial charge in [0.1, 0.15) is 5.75 Å². The standard InChI is InChI=1S/C9H14OSi/c1-10-9-5-3-8(4-6-9)7-11-2/h3-6H,7,11H2,1-2H3. The summed E-state index contributed by atoms with van der Waals surface area (Å²) in [7, 11) is 1.85. The van der Waals surface area contributed by atoms with Gasteiger partial charge in [-0.1, -0.05) is 24.2 Å². The first kappa shape index (κ1) is 8.33. The number of benzene rings is 1. The number of methoxy groups -OCH3 is 1. The van der Waals surface area contributed by atoms with Gasteiger partial charge in [0, 0.05) is 9.52 Å². The highest BCUT2D eigenvalue weighted by atomic mass is 28.2. The minimum absolute atomic E-state index is 0.156. The molecular formula is C9H14OSi. The van der Waals surface area contributed by atoms with Crippen LogP contribution < -0.4 is 4.74 Å². The highest BCUT2D eigenvalue weighted by Gasteiger charge is 1.91. The maximum atomic E-state index is 5.06. The molecule has 0 aromatic heterocycles. The van der Waals surface area contributed by atoms with Crippen molar-refractivity contribution in [3.05, 3.63) is 29.8 Å². The molecule has 0 atom stereocenters. The Balaban J connectivity index is 2.66. The predicted molar refractivity (Wildman–Crippen MR) is 51.1 cm³/mol. The van der Waals surface area contributed by atoms with E-state index < -0.39 is 0 Å². The zero-order chi connectivity index (χ0) is 8.10. The lowest BCUT2D eigenvalue weighted by Gasteiger charge is -2.00. The van der Waals surface area contributed by atoms with Crippen LogP contribution in [-0.4, -0.2) is 16.6 Å². The zero-order valence-electron chi connectivity index (χ0n) is 7.13. The number of hydrogen-bond donors (Lipinski definition) is 0. The summed E-state index contributed by atoms with van der Waals surface area (Å²) in [4.78, 5) is 0. The second-order valence-electron chi connectivity index (χ2n) is 2.60. The fourth-order valence-corrected chi connectivity index (χ4v) is 1.99. The average Bonchev–Trinajstić information content (AvgIpc) is 2.07. The largest absolute Gasteiger partial charge is 0.497 e. The van der Waals surface area contributed by atoms with Crippen molar-refractivity contribution in [1.82, 2.24) is 0 Å². The van der Waals surface area contributed by atoms with E-state index in [9.17, 15) is 0 Å². The average molecular weight is 166 g/mol. The Morgan fingerprint density at radius 3 is 2.36 bits per heavy atom. The van der Waals surface area contributed by atoms with Crippen molar-refractivity contribution in [1.29, 1.82) is 0 Å². The van der Waals surface area contributed by atoms with Crippen LogP contribution in [0.15, 0.2) is 24.3 Å². The predicted octanol–water partition coefficient (Wildman–Crippen LogP) is 1.41. The first-order valence-electron chi connectivity index (χ1n) is 3.99. The van der Waals surface area contributed by atoms with E-state index in [1.165, 1.54) is 11.6 Å². The maximum Gasteiger partial charge on any atom is 0.118 e. The summed E-state index contributed by atoms with van der Waals surface area (Å²) in [5.41, 5.74) is 1.44. The van der Waals surface area contributed by atoms with Crippen molar-refractivity contribution in [2.45, 2.75) is 12.6 Å². The van der Waals surface area contributed by atoms with Gasteiger partial charge in [0.25, 0.3) is 0 Å². The molecule has 1 nitrogen and oxygen atoms in total. The van der Waals surface area contributed by atoms with Crippen LogP contribution in [0.5, 0.6) is 5.75 Å². The molecule has 0 aliphatic heterocycles. The molecule has 0 aliphatic carbocycles. The maximum absolute atomic E-state index is 5.06. The molecule has 1 aromatic carbocycles. The normalized spacial score (nSPS) is 10.7. The van der Waals surface area contributed by atoms with Gasteiger partial charge in [-0.25, -0.2) is 0 Å². The Labute approximate surface area is 70.2 Å². The van der Waals surface area contributed by atoms with Crippen molar-refractivity contribution in [2.24, 2.45) is 0 Å². The van der Waals surface area contributed by atoms with Gasteiger partial charge in [0.15, 0.2) is 0 Å². The molecule has 0 aliphatic rings. The van der Waals surface area contributed by atoms with E-state index in [2.05, 4.69) is 18.7 Å². The lowest BCUT2D eigenvalue weighted by molar-refractivity contribution is 0.414. The van der Waals surface area contributed by atoms with Crippen molar-refractivity contribution >= 4 is 9.52 Å². The molecule has 11 heavy (non-hydrogen) atoms. The van der Waals surface area contributed by atoms with Crippen LogP contribution >= 0.6 is 0 Å². The molecule has 1 aromatic rings. The third-order valence-electron chi connectivity index (χ3n) is 1.70. The molecule has 0 N–H and O–H groups in total. The third-order valence-corrected chi connectivity index (χ3v) is 2.78. The van der Waals surface area contributed by atoms with Gasteiger partial charge < -0.3 is 4.74 Å². The molecule has 0 unspecified atom stereocenters. The Hall–Kier alpha value is -0.763. The smallest absolute Gasteiger partial charge is 0.118 e. The van der Waals surface area contributed by atoms with E-state index in [1.54, 1.807) is 7.11 Å². The molecule has 0 fully saturated rings. The number of hydrogen-bond acceptors (Lipinski definition) is 1. The summed E-state index contributed by atoms with van der Waals surface area (Å²) in [5.74, 6) is 0.950. The summed E-state index contributed by atoms with van der Waals surface area (Å²) < 4.78 is 5.06. The van der Waals surface area contributed by atoms with Crippen LogP contribution in [0.25, 0.3) is 0 Å². The summed E-state index contributed by atoms with van der Waals surface area (Å²) >= 11 is 0. The molecule has 0 amide bonds. The highest BCUT2D eigenvalue weighted by Crippen LogP contribution is 2.10. The second kappa shape index (κ2) is 4.19. The van der Waals surface area contributed by atoms with E-state index in [4.69, 9.17) is 4.74 Å². The van der Waals surface area contributed by atoms with Gasteiger partial charge in [-0.15, -0.1) is 0 Å². The number of rotatable bonds is 3. The molecule has 0 spiro atoms. The Morgan fingerprint density at radius 2 is 1.91 bits per heavy atom. The van der Waals surface area contributed by atoms with Crippen molar-refractivity contribution in [3.8, 4) is 5.75 Å². The fourth-order valence-electron chi connectivity index (χ4n) is 1.08. The van der Waals surface area contributed by atoms with E-state index in [1.807, 2.05) is 12.1 Å². The van der Waals surface area contributed by atoms with E-state index >= 15 is 0 Å². The molecular weight excluding hydrogens is 152 g/mol. The second-order valence-corrected chi connectivity index (χ2v) is 4.10. The van der Waals surface area contributed by atoms with Gasteiger partial charge >= 0.3 is 0 Å². The van der Waals surface area contributed by atoms with Crippen LogP contribution in [0.2, 0.25) is 6.55 Å². The molecule has 0 bridgehead atoms.